The normalized spacial score (nSPS) is 14.7. The van der Waals surface area contributed by atoms with Crippen LogP contribution in [0.4, 0.5) is 5.13 Å². The summed E-state index contributed by atoms with van der Waals surface area (Å²) >= 11 is 1.64. The molecule has 0 aliphatic carbocycles. The molecule has 0 saturated heterocycles. The van der Waals surface area contributed by atoms with E-state index < -0.39 is 0 Å². The Morgan fingerprint density at radius 2 is 2.00 bits per heavy atom. The standard InChI is InChI=1S/C22H24N4OS/c23-22-25-20-9-13-26(14-10-21(20)28-22)12-2-4-17-5-7-19(8-6-17)27-16-18-3-1-11-24-15-18/h1-8,11,15H,9-10,12-14,16H2,(H2,23,25)/b4-2+. The second kappa shape index (κ2) is 8.99. The number of aromatic nitrogens is 2. The molecule has 0 unspecified atom stereocenters. The summed E-state index contributed by atoms with van der Waals surface area (Å²) in [4.78, 5) is 12.4. The molecule has 0 atom stereocenters. The molecule has 2 N–H and O–H groups in total. The predicted molar refractivity (Wildman–Crippen MR) is 114 cm³/mol. The van der Waals surface area contributed by atoms with E-state index in [1.54, 1.807) is 17.5 Å². The van der Waals surface area contributed by atoms with Crippen molar-refractivity contribution in [2.75, 3.05) is 25.4 Å². The van der Waals surface area contributed by atoms with E-state index in [9.17, 15) is 0 Å². The maximum atomic E-state index is 5.82. The molecule has 2 aromatic heterocycles. The summed E-state index contributed by atoms with van der Waals surface area (Å²) in [5.74, 6) is 0.867. The van der Waals surface area contributed by atoms with Gasteiger partial charge < -0.3 is 10.5 Å². The van der Waals surface area contributed by atoms with Crippen LogP contribution in [0.3, 0.4) is 0 Å². The van der Waals surface area contributed by atoms with Crippen molar-refractivity contribution in [3.05, 3.63) is 76.6 Å². The number of nitrogens with two attached hydrogens (primary N) is 1. The Labute approximate surface area is 169 Å². The van der Waals surface area contributed by atoms with Gasteiger partial charge in [-0.05, 0) is 30.2 Å². The molecule has 0 spiro atoms. The minimum atomic E-state index is 0.532. The summed E-state index contributed by atoms with van der Waals surface area (Å²) in [5.41, 5.74) is 9.25. The number of nitrogens with zero attached hydrogens (tertiary/aromatic N) is 3. The minimum absolute atomic E-state index is 0.532. The van der Waals surface area contributed by atoms with Crippen LogP contribution in [0.1, 0.15) is 21.7 Å². The summed E-state index contributed by atoms with van der Waals surface area (Å²) in [6.07, 6.45) is 10.0. The van der Waals surface area contributed by atoms with Crippen molar-refractivity contribution in [2.24, 2.45) is 0 Å². The number of fused-ring (bicyclic) bond motifs is 1. The Morgan fingerprint density at radius 1 is 1.14 bits per heavy atom. The largest absolute Gasteiger partial charge is 0.489 e. The van der Waals surface area contributed by atoms with Gasteiger partial charge in [-0.2, -0.15) is 0 Å². The van der Waals surface area contributed by atoms with Gasteiger partial charge in [0.2, 0.25) is 0 Å². The van der Waals surface area contributed by atoms with Gasteiger partial charge in [0.25, 0.3) is 0 Å². The minimum Gasteiger partial charge on any atom is -0.489 e. The fourth-order valence-electron chi connectivity index (χ4n) is 3.28. The number of benzene rings is 1. The van der Waals surface area contributed by atoms with E-state index in [2.05, 4.69) is 39.2 Å². The number of pyridine rings is 1. The van der Waals surface area contributed by atoms with Gasteiger partial charge in [-0.3, -0.25) is 9.88 Å². The van der Waals surface area contributed by atoms with Gasteiger partial charge in [0, 0.05) is 48.9 Å². The SMILES string of the molecule is Nc1nc2c(s1)CCN(C/C=C/c1ccc(OCc3cccnc3)cc1)CC2. The van der Waals surface area contributed by atoms with Crippen LogP contribution in [0.5, 0.6) is 5.75 Å². The average molecular weight is 393 g/mol. The van der Waals surface area contributed by atoms with Crippen molar-refractivity contribution in [3.63, 3.8) is 0 Å². The van der Waals surface area contributed by atoms with Crippen molar-refractivity contribution in [1.29, 1.82) is 0 Å². The third kappa shape index (κ3) is 4.97. The van der Waals surface area contributed by atoms with Crippen LogP contribution >= 0.6 is 11.3 Å². The Bertz CT molecular complexity index is 896. The molecule has 5 nitrogen and oxygen atoms in total. The molecule has 4 rings (SSSR count). The van der Waals surface area contributed by atoms with E-state index in [4.69, 9.17) is 10.5 Å². The molecule has 3 aromatic rings. The van der Waals surface area contributed by atoms with Crippen LogP contribution in [0.2, 0.25) is 0 Å². The van der Waals surface area contributed by atoms with E-state index in [0.717, 1.165) is 43.8 Å². The Kier molecular flexibility index (Phi) is 5.99. The van der Waals surface area contributed by atoms with Gasteiger partial charge in [0.1, 0.15) is 12.4 Å². The van der Waals surface area contributed by atoms with Crippen molar-refractivity contribution in [2.45, 2.75) is 19.4 Å². The molecule has 1 aliphatic heterocycles. The molecule has 1 aliphatic rings. The molecular formula is C22H24N4OS. The van der Waals surface area contributed by atoms with Crippen molar-refractivity contribution < 1.29 is 4.74 Å². The Morgan fingerprint density at radius 3 is 2.82 bits per heavy atom. The lowest BCUT2D eigenvalue weighted by molar-refractivity contribution is 0.306. The molecule has 0 radical (unpaired) electrons. The van der Waals surface area contributed by atoms with E-state index in [0.29, 0.717) is 11.7 Å². The highest BCUT2D eigenvalue weighted by Gasteiger charge is 2.16. The van der Waals surface area contributed by atoms with Crippen molar-refractivity contribution in [3.8, 4) is 5.75 Å². The van der Waals surface area contributed by atoms with Crippen LogP contribution in [0, 0.1) is 0 Å². The molecule has 3 heterocycles. The zero-order valence-corrected chi connectivity index (χ0v) is 16.6. The molecule has 0 amide bonds. The second-order valence-corrected chi connectivity index (χ2v) is 7.96. The molecule has 28 heavy (non-hydrogen) atoms. The zero-order chi connectivity index (χ0) is 19.2. The maximum Gasteiger partial charge on any atom is 0.180 e. The molecular weight excluding hydrogens is 368 g/mol. The molecule has 1 aromatic carbocycles. The van der Waals surface area contributed by atoms with Gasteiger partial charge in [-0.25, -0.2) is 4.98 Å². The number of anilines is 1. The molecule has 0 fully saturated rings. The molecule has 144 valence electrons. The summed E-state index contributed by atoms with van der Waals surface area (Å²) < 4.78 is 5.81. The smallest absolute Gasteiger partial charge is 0.180 e. The van der Waals surface area contributed by atoms with E-state index >= 15 is 0 Å². The number of nitrogen functional groups attached to an aromatic ring is 1. The first-order valence-electron chi connectivity index (χ1n) is 9.51. The van der Waals surface area contributed by atoms with Crippen LogP contribution in [-0.2, 0) is 19.4 Å². The highest BCUT2D eigenvalue weighted by molar-refractivity contribution is 7.15. The highest BCUT2D eigenvalue weighted by atomic mass is 32.1. The van der Waals surface area contributed by atoms with Crippen LogP contribution in [0.15, 0.2) is 54.9 Å². The predicted octanol–water partition coefficient (Wildman–Crippen LogP) is 3.81. The zero-order valence-electron chi connectivity index (χ0n) is 15.8. The summed E-state index contributed by atoms with van der Waals surface area (Å²) in [7, 11) is 0. The molecule has 0 saturated carbocycles. The number of ether oxygens (including phenoxy) is 1. The van der Waals surface area contributed by atoms with E-state index in [1.165, 1.54) is 16.1 Å². The van der Waals surface area contributed by atoms with Gasteiger partial charge in [0.05, 0.1) is 5.69 Å². The lowest BCUT2D eigenvalue weighted by atomic mass is 10.2. The van der Waals surface area contributed by atoms with E-state index in [-0.39, 0.29) is 0 Å². The fraction of sp³-hybridized carbons (Fsp3) is 0.273. The Hall–Kier alpha value is -2.70. The van der Waals surface area contributed by atoms with Crippen LogP contribution in [0.25, 0.3) is 6.08 Å². The topological polar surface area (TPSA) is 64.3 Å². The van der Waals surface area contributed by atoms with Crippen LogP contribution < -0.4 is 10.5 Å². The monoisotopic (exact) mass is 392 g/mol. The second-order valence-electron chi connectivity index (χ2n) is 6.84. The number of rotatable bonds is 6. The van der Waals surface area contributed by atoms with E-state index in [1.807, 2.05) is 30.5 Å². The third-order valence-electron chi connectivity index (χ3n) is 4.80. The summed E-state index contributed by atoms with van der Waals surface area (Å²) in [6.45, 7) is 3.56. The summed E-state index contributed by atoms with van der Waals surface area (Å²) in [5, 5.41) is 0.700. The third-order valence-corrected chi connectivity index (χ3v) is 5.78. The van der Waals surface area contributed by atoms with Crippen molar-refractivity contribution in [1.82, 2.24) is 14.9 Å². The highest BCUT2D eigenvalue weighted by Crippen LogP contribution is 2.24. The number of hydrogen-bond donors (Lipinski definition) is 1. The van der Waals surface area contributed by atoms with Crippen molar-refractivity contribution >= 4 is 22.5 Å². The first-order valence-corrected chi connectivity index (χ1v) is 10.3. The quantitative estimate of drug-likeness (QED) is 0.691. The Balaban J connectivity index is 1.25. The van der Waals surface area contributed by atoms with Gasteiger partial charge >= 0.3 is 0 Å². The first-order chi connectivity index (χ1) is 13.8. The van der Waals surface area contributed by atoms with Gasteiger partial charge in [-0.15, -0.1) is 11.3 Å². The number of thiazole rings is 1. The molecule has 6 heteroatoms. The summed E-state index contributed by atoms with van der Waals surface area (Å²) in [6, 6.07) is 12.1. The van der Waals surface area contributed by atoms with Gasteiger partial charge in [-0.1, -0.05) is 30.4 Å². The van der Waals surface area contributed by atoms with Crippen LogP contribution in [-0.4, -0.2) is 34.5 Å². The molecule has 0 bridgehead atoms. The first kappa shape index (κ1) is 18.7. The number of hydrogen-bond acceptors (Lipinski definition) is 6. The lowest BCUT2D eigenvalue weighted by Crippen LogP contribution is -2.26. The fourth-order valence-corrected chi connectivity index (χ4v) is 4.14. The maximum absolute atomic E-state index is 5.82. The lowest BCUT2D eigenvalue weighted by Gasteiger charge is -2.17. The van der Waals surface area contributed by atoms with Gasteiger partial charge in [0.15, 0.2) is 5.13 Å². The average Bonchev–Trinajstić information content (AvgIpc) is 2.99.